The first-order valence-corrected chi connectivity index (χ1v) is 8.94. The molecule has 1 amide bonds. The minimum atomic E-state index is -0.154. The summed E-state index contributed by atoms with van der Waals surface area (Å²) < 4.78 is 16.2. The van der Waals surface area contributed by atoms with Gasteiger partial charge in [-0.3, -0.25) is 4.79 Å². The van der Waals surface area contributed by atoms with Gasteiger partial charge in [0.15, 0.2) is 23.1 Å². The average molecular weight is 405 g/mol. The second-order valence-electron chi connectivity index (χ2n) is 5.86. The summed E-state index contributed by atoms with van der Waals surface area (Å²) in [5.74, 6) is 2.11. The number of nitrogens with zero attached hydrogens (tertiary/aromatic N) is 1. The number of aryl methyl sites for hydroxylation is 1. The van der Waals surface area contributed by atoms with E-state index in [1.54, 1.807) is 42.6 Å². The molecule has 0 saturated heterocycles. The fraction of sp³-hybridized carbons (Fsp3) is 0.158. The molecule has 138 valence electrons. The van der Waals surface area contributed by atoms with Crippen LogP contribution in [0.3, 0.4) is 0 Å². The molecule has 0 bridgehead atoms. The molecular weight excluding hydrogens is 391 g/mol. The fourth-order valence-corrected chi connectivity index (χ4v) is 3.16. The van der Waals surface area contributed by atoms with Crippen molar-refractivity contribution in [3.05, 3.63) is 58.5 Å². The minimum Gasteiger partial charge on any atom is -0.454 e. The zero-order chi connectivity index (χ0) is 18.8. The standard InChI is InChI=1S/C19H14Cl2N2O4/c20-11-1-3-13(14(21)7-11)17-9-22-19(27-17)6-5-18(24)23-12-2-4-15-16(8-12)26-10-25-15/h1-4,7-9H,5-6,10H2,(H,23,24). The molecule has 8 heteroatoms. The smallest absolute Gasteiger partial charge is 0.231 e. The number of nitrogens with one attached hydrogen (secondary N) is 1. The van der Waals surface area contributed by atoms with Crippen molar-refractivity contribution in [2.45, 2.75) is 12.8 Å². The molecule has 1 aliphatic rings. The summed E-state index contributed by atoms with van der Waals surface area (Å²) in [5, 5.41) is 3.84. The molecule has 1 aliphatic heterocycles. The Bertz CT molecular complexity index is 1000. The Kier molecular flexibility index (Phi) is 4.92. The van der Waals surface area contributed by atoms with Crippen molar-refractivity contribution in [1.82, 2.24) is 4.98 Å². The van der Waals surface area contributed by atoms with Crippen LogP contribution in [0.15, 0.2) is 47.0 Å². The minimum absolute atomic E-state index is 0.154. The van der Waals surface area contributed by atoms with Crippen LogP contribution in [0.5, 0.6) is 11.5 Å². The van der Waals surface area contributed by atoms with Gasteiger partial charge >= 0.3 is 0 Å². The van der Waals surface area contributed by atoms with E-state index in [9.17, 15) is 4.79 Å². The molecule has 27 heavy (non-hydrogen) atoms. The Morgan fingerprint density at radius 2 is 1.96 bits per heavy atom. The van der Waals surface area contributed by atoms with Crippen molar-refractivity contribution in [2.24, 2.45) is 0 Å². The lowest BCUT2D eigenvalue weighted by Crippen LogP contribution is -2.12. The van der Waals surface area contributed by atoms with Gasteiger partial charge in [-0.2, -0.15) is 0 Å². The summed E-state index contributed by atoms with van der Waals surface area (Å²) in [5.41, 5.74) is 1.34. The molecule has 0 saturated carbocycles. The zero-order valence-corrected chi connectivity index (χ0v) is 15.5. The number of amides is 1. The summed E-state index contributed by atoms with van der Waals surface area (Å²) in [6, 6.07) is 10.4. The number of carbonyl (C=O) groups is 1. The van der Waals surface area contributed by atoms with Gasteiger partial charge < -0.3 is 19.2 Å². The van der Waals surface area contributed by atoms with Crippen LogP contribution < -0.4 is 14.8 Å². The molecule has 6 nitrogen and oxygen atoms in total. The Morgan fingerprint density at radius 1 is 1.11 bits per heavy atom. The van der Waals surface area contributed by atoms with Crippen molar-refractivity contribution >= 4 is 34.8 Å². The van der Waals surface area contributed by atoms with Crippen LogP contribution in [0, 0.1) is 0 Å². The van der Waals surface area contributed by atoms with E-state index in [0.29, 0.717) is 50.9 Å². The second kappa shape index (κ2) is 7.50. The fourth-order valence-electron chi connectivity index (χ4n) is 2.66. The largest absolute Gasteiger partial charge is 0.454 e. The summed E-state index contributed by atoms with van der Waals surface area (Å²) in [6.45, 7) is 0.191. The molecule has 0 spiro atoms. The Hall–Kier alpha value is -2.70. The molecular formula is C19H14Cl2N2O4. The molecule has 2 heterocycles. The van der Waals surface area contributed by atoms with Crippen LogP contribution >= 0.6 is 23.2 Å². The topological polar surface area (TPSA) is 73.6 Å². The summed E-state index contributed by atoms with van der Waals surface area (Å²) in [4.78, 5) is 16.4. The number of ether oxygens (including phenoxy) is 2. The van der Waals surface area contributed by atoms with E-state index >= 15 is 0 Å². The van der Waals surface area contributed by atoms with Crippen molar-refractivity contribution in [2.75, 3.05) is 12.1 Å². The first-order chi connectivity index (χ1) is 13.1. The van der Waals surface area contributed by atoms with Crippen molar-refractivity contribution in [3.8, 4) is 22.8 Å². The van der Waals surface area contributed by atoms with Gasteiger partial charge in [-0.15, -0.1) is 0 Å². The number of carbonyl (C=O) groups excluding carboxylic acids is 1. The van der Waals surface area contributed by atoms with Gasteiger partial charge in [0.05, 0.1) is 11.2 Å². The summed E-state index contributed by atoms with van der Waals surface area (Å²) in [7, 11) is 0. The van der Waals surface area contributed by atoms with Crippen LogP contribution in [0.2, 0.25) is 10.0 Å². The van der Waals surface area contributed by atoms with Crippen molar-refractivity contribution in [3.63, 3.8) is 0 Å². The monoisotopic (exact) mass is 404 g/mol. The third-order valence-corrected chi connectivity index (χ3v) is 4.52. The van der Waals surface area contributed by atoms with E-state index in [4.69, 9.17) is 37.1 Å². The number of anilines is 1. The Labute approximate surface area is 165 Å². The van der Waals surface area contributed by atoms with Gasteiger partial charge in [-0.1, -0.05) is 23.2 Å². The van der Waals surface area contributed by atoms with Gasteiger partial charge in [0.2, 0.25) is 12.7 Å². The normalized spacial score (nSPS) is 12.2. The molecule has 0 atom stereocenters. The van der Waals surface area contributed by atoms with Gasteiger partial charge in [0.25, 0.3) is 0 Å². The first-order valence-electron chi connectivity index (χ1n) is 8.18. The van der Waals surface area contributed by atoms with Gasteiger partial charge in [-0.25, -0.2) is 4.98 Å². The number of fused-ring (bicyclic) bond motifs is 1. The zero-order valence-electron chi connectivity index (χ0n) is 14.0. The Balaban J connectivity index is 1.36. The van der Waals surface area contributed by atoms with Crippen LogP contribution in [0.1, 0.15) is 12.3 Å². The molecule has 0 radical (unpaired) electrons. The lowest BCUT2D eigenvalue weighted by atomic mass is 10.2. The lowest BCUT2D eigenvalue weighted by Gasteiger charge is -2.05. The number of benzene rings is 2. The maximum absolute atomic E-state index is 12.2. The number of hydrogen-bond acceptors (Lipinski definition) is 5. The molecule has 2 aromatic carbocycles. The van der Waals surface area contributed by atoms with E-state index in [1.165, 1.54) is 0 Å². The maximum Gasteiger partial charge on any atom is 0.231 e. The molecule has 4 rings (SSSR count). The number of rotatable bonds is 5. The van der Waals surface area contributed by atoms with Gasteiger partial charge in [0.1, 0.15) is 0 Å². The van der Waals surface area contributed by atoms with Crippen molar-refractivity contribution < 1.29 is 18.7 Å². The van der Waals surface area contributed by atoms with Crippen LogP contribution in [0.25, 0.3) is 11.3 Å². The summed E-state index contributed by atoms with van der Waals surface area (Å²) in [6.07, 6.45) is 2.17. The number of hydrogen-bond donors (Lipinski definition) is 1. The predicted molar refractivity (Wildman–Crippen MR) is 101 cm³/mol. The maximum atomic E-state index is 12.2. The predicted octanol–water partition coefficient (Wildman–Crippen LogP) is 4.95. The quantitative estimate of drug-likeness (QED) is 0.651. The second-order valence-corrected chi connectivity index (χ2v) is 6.70. The third-order valence-electron chi connectivity index (χ3n) is 3.97. The Morgan fingerprint density at radius 3 is 2.81 bits per heavy atom. The molecule has 1 N–H and O–H groups in total. The molecule has 1 aromatic heterocycles. The van der Waals surface area contributed by atoms with E-state index in [0.717, 1.165) is 0 Å². The number of halogens is 2. The molecule has 0 aliphatic carbocycles. The molecule has 0 fully saturated rings. The number of oxazole rings is 1. The molecule has 0 unspecified atom stereocenters. The third kappa shape index (κ3) is 4.02. The van der Waals surface area contributed by atoms with E-state index in [-0.39, 0.29) is 19.1 Å². The SMILES string of the molecule is O=C(CCc1ncc(-c2ccc(Cl)cc2Cl)o1)Nc1ccc2c(c1)OCO2. The van der Waals surface area contributed by atoms with E-state index in [1.807, 2.05) is 0 Å². The van der Waals surface area contributed by atoms with Crippen LogP contribution in [-0.2, 0) is 11.2 Å². The highest BCUT2D eigenvalue weighted by atomic mass is 35.5. The van der Waals surface area contributed by atoms with E-state index < -0.39 is 0 Å². The first kappa shape index (κ1) is 17.7. The highest BCUT2D eigenvalue weighted by Crippen LogP contribution is 2.34. The highest BCUT2D eigenvalue weighted by Gasteiger charge is 2.15. The molecule has 3 aromatic rings. The highest BCUT2D eigenvalue weighted by molar-refractivity contribution is 6.36. The lowest BCUT2D eigenvalue weighted by molar-refractivity contribution is -0.116. The van der Waals surface area contributed by atoms with Crippen LogP contribution in [0.4, 0.5) is 5.69 Å². The van der Waals surface area contributed by atoms with Crippen LogP contribution in [-0.4, -0.2) is 17.7 Å². The van der Waals surface area contributed by atoms with E-state index in [2.05, 4.69) is 10.3 Å². The number of aromatic nitrogens is 1. The summed E-state index contributed by atoms with van der Waals surface area (Å²) >= 11 is 12.1. The van der Waals surface area contributed by atoms with Crippen molar-refractivity contribution in [1.29, 1.82) is 0 Å². The van der Waals surface area contributed by atoms with Gasteiger partial charge in [-0.05, 0) is 30.3 Å². The average Bonchev–Trinajstić information content (AvgIpc) is 3.28. The van der Waals surface area contributed by atoms with Gasteiger partial charge in [0, 0.05) is 35.2 Å².